The number of aliphatic imine (C=N–C) groups is 1. The van der Waals surface area contributed by atoms with Crippen molar-refractivity contribution in [1.29, 1.82) is 0 Å². The van der Waals surface area contributed by atoms with Gasteiger partial charge >= 0.3 is 5.97 Å². The molecule has 8 nitrogen and oxygen atoms in total. The maximum Gasteiger partial charge on any atom is 0.370 e. The second-order valence-corrected chi connectivity index (χ2v) is 4.38. The topological polar surface area (TPSA) is 129 Å². The Morgan fingerprint density at radius 2 is 2.16 bits per heavy atom. The minimum atomic E-state index is -1.47. The van der Waals surface area contributed by atoms with Crippen molar-refractivity contribution < 1.29 is 34.7 Å². The molecule has 0 bridgehead atoms. The molecular weight excluding hydrogens is 258 g/mol. The van der Waals surface area contributed by atoms with Crippen LogP contribution in [-0.2, 0) is 14.3 Å². The van der Waals surface area contributed by atoms with Gasteiger partial charge in [0.25, 0.3) is 0 Å². The lowest BCUT2D eigenvalue weighted by Gasteiger charge is -2.34. The average molecular weight is 273 g/mol. The van der Waals surface area contributed by atoms with Gasteiger partial charge in [0.15, 0.2) is 12.0 Å². The molecule has 0 aromatic heterocycles. The Hall–Kier alpha value is -1.64. The van der Waals surface area contributed by atoms with Gasteiger partial charge in [-0.15, -0.1) is 0 Å². The van der Waals surface area contributed by atoms with Crippen LogP contribution < -0.4 is 0 Å². The summed E-state index contributed by atoms with van der Waals surface area (Å²) in [6.07, 6.45) is -3.42. The van der Waals surface area contributed by atoms with Crippen molar-refractivity contribution >= 4 is 11.9 Å². The number of carboxylic acid groups (broad SMARTS) is 1. The molecule has 19 heavy (non-hydrogen) atoms. The Morgan fingerprint density at radius 3 is 2.74 bits per heavy atom. The Labute approximate surface area is 108 Å². The van der Waals surface area contributed by atoms with E-state index in [1.807, 2.05) is 0 Å². The Balaban J connectivity index is 2.27. The zero-order chi connectivity index (χ0) is 14.2. The summed E-state index contributed by atoms with van der Waals surface area (Å²) in [5.74, 6) is -1.33. The van der Waals surface area contributed by atoms with Crippen LogP contribution in [0.4, 0.5) is 0 Å². The van der Waals surface area contributed by atoms with Gasteiger partial charge in [-0.2, -0.15) is 0 Å². The molecule has 0 saturated carbocycles. The van der Waals surface area contributed by atoms with Crippen molar-refractivity contribution in [3.63, 3.8) is 0 Å². The SMILES string of the molecule is CC1=N[C@H]2[C@H]([C@H](O)[C@H](O)CO)OC(C(=O)O)=C[C@H]2O1. The molecule has 4 N–H and O–H groups in total. The smallest absolute Gasteiger partial charge is 0.370 e. The molecule has 0 amide bonds. The third-order valence-electron chi connectivity index (χ3n) is 3.02. The van der Waals surface area contributed by atoms with Gasteiger partial charge < -0.3 is 29.9 Å². The lowest BCUT2D eigenvalue weighted by atomic mass is 9.95. The van der Waals surface area contributed by atoms with E-state index in [0.29, 0.717) is 5.90 Å². The van der Waals surface area contributed by atoms with Crippen LogP contribution in [0.3, 0.4) is 0 Å². The Kier molecular flexibility index (Phi) is 3.74. The van der Waals surface area contributed by atoms with E-state index >= 15 is 0 Å². The van der Waals surface area contributed by atoms with Gasteiger partial charge in [-0.05, 0) is 0 Å². The molecule has 106 valence electrons. The zero-order valence-electron chi connectivity index (χ0n) is 10.1. The number of aliphatic carboxylic acids is 1. The number of nitrogens with zero attached hydrogens (tertiary/aromatic N) is 1. The van der Waals surface area contributed by atoms with Crippen LogP contribution in [0.25, 0.3) is 0 Å². The van der Waals surface area contributed by atoms with Crippen molar-refractivity contribution in [2.24, 2.45) is 4.99 Å². The predicted octanol–water partition coefficient (Wildman–Crippen LogP) is -1.75. The first kappa shape index (κ1) is 13.8. The lowest BCUT2D eigenvalue weighted by molar-refractivity contribution is -0.145. The van der Waals surface area contributed by atoms with Crippen LogP contribution in [0.2, 0.25) is 0 Å². The van der Waals surface area contributed by atoms with Gasteiger partial charge in [-0.3, -0.25) is 0 Å². The summed E-state index contributed by atoms with van der Waals surface area (Å²) in [7, 11) is 0. The fourth-order valence-electron chi connectivity index (χ4n) is 2.10. The molecule has 8 heteroatoms. The number of aliphatic hydroxyl groups is 3. The van der Waals surface area contributed by atoms with Gasteiger partial charge in [0, 0.05) is 13.0 Å². The highest BCUT2D eigenvalue weighted by molar-refractivity contribution is 5.85. The van der Waals surface area contributed by atoms with Crippen LogP contribution in [0.15, 0.2) is 16.8 Å². The summed E-state index contributed by atoms with van der Waals surface area (Å²) in [6, 6.07) is -0.653. The molecule has 2 aliphatic heterocycles. The van der Waals surface area contributed by atoms with Crippen molar-refractivity contribution in [3.8, 4) is 0 Å². The van der Waals surface area contributed by atoms with Crippen LogP contribution >= 0.6 is 0 Å². The maximum atomic E-state index is 11.0. The first-order valence-corrected chi connectivity index (χ1v) is 5.74. The molecule has 0 radical (unpaired) electrons. The molecular formula is C11H15NO7. The molecule has 0 spiro atoms. The fraction of sp³-hybridized carbons (Fsp3) is 0.636. The quantitative estimate of drug-likeness (QED) is 0.478. The highest BCUT2D eigenvalue weighted by atomic mass is 16.5. The van der Waals surface area contributed by atoms with Crippen molar-refractivity contribution in [2.45, 2.75) is 37.4 Å². The number of fused-ring (bicyclic) bond motifs is 1. The molecule has 0 saturated heterocycles. The summed E-state index contributed by atoms with van der Waals surface area (Å²) >= 11 is 0. The third-order valence-corrected chi connectivity index (χ3v) is 3.02. The van der Waals surface area contributed by atoms with Crippen LogP contribution in [0, 0.1) is 0 Å². The fourth-order valence-corrected chi connectivity index (χ4v) is 2.10. The van der Waals surface area contributed by atoms with Crippen LogP contribution in [0.5, 0.6) is 0 Å². The number of rotatable bonds is 4. The molecule has 0 unspecified atom stereocenters. The van der Waals surface area contributed by atoms with Crippen molar-refractivity contribution in [3.05, 3.63) is 11.8 Å². The lowest BCUT2D eigenvalue weighted by Crippen LogP contribution is -2.51. The maximum absolute atomic E-state index is 11.0. The van der Waals surface area contributed by atoms with E-state index in [2.05, 4.69) is 4.99 Å². The minimum Gasteiger partial charge on any atom is -0.478 e. The summed E-state index contributed by atoms with van der Waals surface area (Å²) < 4.78 is 10.5. The summed E-state index contributed by atoms with van der Waals surface area (Å²) in [4.78, 5) is 15.1. The highest BCUT2D eigenvalue weighted by Gasteiger charge is 2.46. The Morgan fingerprint density at radius 1 is 1.47 bits per heavy atom. The van der Waals surface area contributed by atoms with E-state index in [9.17, 15) is 15.0 Å². The number of aliphatic hydroxyl groups excluding tert-OH is 3. The van der Waals surface area contributed by atoms with Gasteiger partial charge in [0.05, 0.1) is 6.61 Å². The van der Waals surface area contributed by atoms with Crippen LogP contribution in [0.1, 0.15) is 6.92 Å². The van der Waals surface area contributed by atoms with Crippen LogP contribution in [-0.4, -0.2) is 69.4 Å². The first-order chi connectivity index (χ1) is 8.93. The normalized spacial score (nSPS) is 32.3. The average Bonchev–Trinajstić information content (AvgIpc) is 2.75. The van der Waals surface area contributed by atoms with E-state index < -0.39 is 43.0 Å². The summed E-state index contributed by atoms with van der Waals surface area (Å²) in [5, 5.41) is 37.1. The number of hydrogen-bond donors (Lipinski definition) is 4. The van der Waals surface area contributed by atoms with E-state index in [1.165, 1.54) is 6.08 Å². The van der Waals surface area contributed by atoms with Crippen molar-refractivity contribution in [1.82, 2.24) is 0 Å². The van der Waals surface area contributed by atoms with Gasteiger partial charge in [-0.25, -0.2) is 9.79 Å². The number of ether oxygens (including phenoxy) is 2. The molecule has 0 aromatic rings. The predicted molar refractivity (Wildman–Crippen MR) is 61.5 cm³/mol. The Bertz CT molecular complexity index is 433. The first-order valence-electron chi connectivity index (χ1n) is 5.74. The van der Waals surface area contributed by atoms with Gasteiger partial charge in [0.2, 0.25) is 5.76 Å². The van der Waals surface area contributed by atoms with Gasteiger partial charge in [0.1, 0.15) is 24.4 Å². The highest BCUT2D eigenvalue weighted by Crippen LogP contribution is 2.30. The zero-order valence-corrected chi connectivity index (χ0v) is 10.1. The van der Waals surface area contributed by atoms with E-state index in [1.54, 1.807) is 6.92 Å². The second-order valence-electron chi connectivity index (χ2n) is 4.38. The molecule has 0 aliphatic carbocycles. The van der Waals surface area contributed by atoms with E-state index in [4.69, 9.17) is 19.7 Å². The largest absolute Gasteiger partial charge is 0.478 e. The molecule has 5 atom stereocenters. The molecule has 2 aliphatic rings. The summed E-state index contributed by atoms with van der Waals surface area (Å²) in [5.41, 5.74) is 0. The molecule has 0 aromatic carbocycles. The number of carbonyl (C=O) groups is 1. The van der Waals surface area contributed by atoms with E-state index in [0.717, 1.165) is 0 Å². The van der Waals surface area contributed by atoms with E-state index in [-0.39, 0.29) is 5.76 Å². The minimum absolute atomic E-state index is 0.345. The molecule has 0 fully saturated rings. The standard InChI is InChI=1S/C11H15NO7/c1-4-12-8-6(18-4)2-7(11(16)17)19-10(8)9(15)5(14)3-13/h2,5-6,8-10,13-15H,3H2,1H3,(H,16,17)/t5-,6-,8-,9-,10-/m1/s1. The van der Waals surface area contributed by atoms with Gasteiger partial charge in [-0.1, -0.05) is 0 Å². The number of carboxylic acids is 1. The number of hydrogen-bond acceptors (Lipinski definition) is 7. The monoisotopic (exact) mass is 273 g/mol. The van der Waals surface area contributed by atoms with Crippen molar-refractivity contribution in [2.75, 3.05) is 6.61 Å². The summed E-state index contributed by atoms with van der Waals surface area (Å²) in [6.45, 7) is 0.923. The second kappa shape index (κ2) is 5.16. The molecule has 2 rings (SSSR count). The third kappa shape index (κ3) is 2.55. The molecule has 2 heterocycles.